The van der Waals surface area contributed by atoms with Gasteiger partial charge in [0.1, 0.15) is 23.8 Å². The summed E-state index contributed by atoms with van der Waals surface area (Å²) in [4.78, 5) is 4.43. The lowest BCUT2D eigenvalue weighted by molar-refractivity contribution is -0.0323. The molecule has 0 aromatic heterocycles. The highest BCUT2D eigenvalue weighted by atomic mass is 35.5. The van der Waals surface area contributed by atoms with Crippen LogP contribution in [0.15, 0.2) is 48.5 Å². The molecule has 0 saturated carbocycles. The largest absolute Gasteiger partial charge is 0.394 e. The van der Waals surface area contributed by atoms with E-state index in [1.165, 1.54) is 24.3 Å². The molecule has 2 aromatic carbocycles. The van der Waals surface area contributed by atoms with Crippen molar-refractivity contribution in [3.05, 3.63) is 71.3 Å². The predicted octanol–water partition coefficient (Wildman–Crippen LogP) is 3.40. The van der Waals surface area contributed by atoms with Crippen LogP contribution in [-0.4, -0.2) is 70.6 Å². The lowest BCUT2D eigenvalue weighted by atomic mass is 10.0. The zero-order chi connectivity index (χ0) is 21.8. The Morgan fingerprint density at radius 1 is 0.848 bits per heavy atom. The molecular formula is C24H32Cl2F2N2O3. The van der Waals surface area contributed by atoms with Crippen LogP contribution in [0.3, 0.4) is 0 Å². The molecular weight excluding hydrogens is 473 g/mol. The maximum atomic E-state index is 13.4. The number of hydrogen-bond acceptors (Lipinski definition) is 5. The highest BCUT2D eigenvalue weighted by Gasteiger charge is 2.47. The number of aliphatic hydroxyl groups excluding tert-OH is 2. The summed E-state index contributed by atoms with van der Waals surface area (Å²) in [6.45, 7) is 3.25. The molecule has 5 nitrogen and oxygen atoms in total. The maximum Gasteiger partial charge on any atom is 0.123 e. The van der Waals surface area contributed by atoms with Gasteiger partial charge in [-0.2, -0.15) is 0 Å². The fourth-order valence-electron chi connectivity index (χ4n) is 4.75. The van der Waals surface area contributed by atoms with E-state index in [1.54, 1.807) is 24.3 Å². The number of rotatable bonds is 8. The molecule has 2 aromatic rings. The summed E-state index contributed by atoms with van der Waals surface area (Å²) in [7, 11) is 0. The van der Waals surface area contributed by atoms with Crippen molar-refractivity contribution in [2.24, 2.45) is 0 Å². The monoisotopic (exact) mass is 504 g/mol. The normalized spacial score (nSPS) is 25.1. The van der Waals surface area contributed by atoms with E-state index in [9.17, 15) is 19.0 Å². The van der Waals surface area contributed by atoms with E-state index in [-0.39, 0.29) is 55.2 Å². The summed E-state index contributed by atoms with van der Waals surface area (Å²) >= 11 is 0. The molecule has 2 N–H and O–H groups in total. The van der Waals surface area contributed by atoms with Crippen molar-refractivity contribution >= 4 is 24.8 Å². The Bertz CT molecular complexity index is 791. The van der Waals surface area contributed by atoms with Crippen LogP contribution < -0.4 is 0 Å². The smallest absolute Gasteiger partial charge is 0.123 e. The Morgan fingerprint density at radius 2 is 1.33 bits per heavy atom. The lowest BCUT2D eigenvalue weighted by Crippen LogP contribution is -2.50. The third-order valence-electron chi connectivity index (χ3n) is 6.28. The molecule has 0 spiro atoms. The van der Waals surface area contributed by atoms with Gasteiger partial charge in [-0.3, -0.25) is 9.80 Å². The van der Waals surface area contributed by atoms with Crippen LogP contribution in [0.4, 0.5) is 8.78 Å². The number of hydrogen-bond donors (Lipinski definition) is 2. The van der Waals surface area contributed by atoms with Crippen molar-refractivity contribution in [2.45, 2.75) is 50.3 Å². The van der Waals surface area contributed by atoms with Gasteiger partial charge in [0.15, 0.2) is 0 Å². The van der Waals surface area contributed by atoms with Gasteiger partial charge in [0.2, 0.25) is 0 Å². The van der Waals surface area contributed by atoms with Crippen LogP contribution in [-0.2, 0) is 17.8 Å². The second-order valence-electron chi connectivity index (χ2n) is 8.54. The van der Waals surface area contributed by atoms with Crippen LogP contribution in [0.2, 0.25) is 0 Å². The number of aliphatic hydroxyl groups is 2. The molecule has 0 bridgehead atoms. The van der Waals surface area contributed by atoms with E-state index in [2.05, 4.69) is 9.80 Å². The average Bonchev–Trinajstić information content (AvgIpc) is 3.39. The molecule has 0 aliphatic carbocycles. The minimum absolute atomic E-state index is 0. The van der Waals surface area contributed by atoms with Crippen molar-refractivity contribution in [1.29, 1.82) is 0 Å². The highest BCUT2D eigenvalue weighted by Crippen LogP contribution is 2.30. The Hall–Kier alpha value is -1.32. The van der Waals surface area contributed by atoms with Gasteiger partial charge in [-0.15, -0.1) is 24.8 Å². The molecule has 2 aliphatic rings. The van der Waals surface area contributed by atoms with Crippen molar-refractivity contribution in [1.82, 2.24) is 9.80 Å². The quantitative estimate of drug-likeness (QED) is 0.576. The molecule has 33 heavy (non-hydrogen) atoms. The van der Waals surface area contributed by atoms with Gasteiger partial charge in [0, 0.05) is 19.6 Å². The molecule has 0 unspecified atom stereocenters. The molecule has 9 heteroatoms. The van der Waals surface area contributed by atoms with Crippen LogP contribution in [0.1, 0.15) is 24.0 Å². The third-order valence-corrected chi connectivity index (χ3v) is 6.28. The SMILES string of the molecule is Cl.Cl.OC[C@@H]1O[C@H](CN(Cc2ccc(F)cc2)Cc2ccc(F)cc2)[C@H](N2CCCC2)[C@@H]1O. The first-order valence-electron chi connectivity index (χ1n) is 10.9. The minimum atomic E-state index is -0.744. The number of nitrogens with zero attached hydrogens (tertiary/aromatic N) is 2. The van der Waals surface area contributed by atoms with E-state index in [4.69, 9.17) is 4.74 Å². The molecule has 2 heterocycles. The molecule has 2 fully saturated rings. The number of likely N-dealkylation sites (tertiary alicyclic amines) is 1. The Kier molecular flexibility index (Phi) is 11.0. The summed E-state index contributed by atoms with van der Waals surface area (Å²) in [5, 5.41) is 20.5. The number of halogens is 4. The first-order chi connectivity index (χ1) is 15.0. The lowest BCUT2D eigenvalue weighted by Gasteiger charge is -2.33. The van der Waals surface area contributed by atoms with Crippen LogP contribution in [0.5, 0.6) is 0 Å². The Balaban J connectivity index is 0.00000193. The second-order valence-corrected chi connectivity index (χ2v) is 8.54. The summed E-state index contributed by atoms with van der Waals surface area (Å²) < 4.78 is 32.8. The van der Waals surface area contributed by atoms with E-state index in [0.717, 1.165) is 37.1 Å². The maximum absolute atomic E-state index is 13.4. The summed E-state index contributed by atoms with van der Waals surface area (Å²) in [6, 6.07) is 12.6. The van der Waals surface area contributed by atoms with Crippen LogP contribution >= 0.6 is 24.8 Å². The van der Waals surface area contributed by atoms with Gasteiger partial charge >= 0.3 is 0 Å². The topological polar surface area (TPSA) is 56.2 Å². The van der Waals surface area contributed by atoms with E-state index >= 15 is 0 Å². The number of ether oxygens (including phenoxy) is 1. The molecule has 2 saturated heterocycles. The van der Waals surface area contributed by atoms with Crippen molar-refractivity contribution in [3.63, 3.8) is 0 Å². The van der Waals surface area contributed by atoms with Gasteiger partial charge in [-0.05, 0) is 61.3 Å². The number of benzene rings is 2. The molecule has 0 amide bonds. The van der Waals surface area contributed by atoms with E-state index < -0.39 is 12.2 Å². The van der Waals surface area contributed by atoms with Gasteiger partial charge in [0.05, 0.1) is 18.8 Å². The fraction of sp³-hybridized carbons (Fsp3) is 0.500. The summed E-state index contributed by atoms with van der Waals surface area (Å²) in [5.41, 5.74) is 1.91. The summed E-state index contributed by atoms with van der Waals surface area (Å²) in [5.74, 6) is -0.563. The van der Waals surface area contributed by atoms with Crippen molar-refractivity contribution in [3.8, 4) is 0 Å². The van der Waals surface area contributed by atoms with Gasteiger partial charge in [0.25, 0.3) is 0 Å². The van der Waals surface area contributed by atoms with Crippen LogP contribution in [0.25, 0.3) is 0 Å². The van der Waals surface area contributed by atoms with Gasteiger partial charge in [-0.1, -0.05) is 24.3 Å². The van der Waals surface area contributed by atoms with Crippen LogP contribution in [0, 0.1) is 11.6 Å². The van der Waals surface area contributed by atoms with E-state index in [1.807, 2.05) is 0 Å². The first-order valence-corrected chi connectivity index (χ1v) is 10.9. The van der Waals surface area contributed by atoms with Crippen molar-refractivity contribution in [2.75, 3.05) is 26.2 Å². The first kappa shape index (κ1) is 27.9. The third kappa shape index (κ3) is 7.09. The highest BCUT2D eigenvalue weighted by molar-refractivity contribution is 5.85. The Labute approximate surface area is 206 Å². The fourth-order valence-corrected chi connectivity index (χ4v) is 4.75. The molecule has 184 valence electrons. The molecule has 4 rings (SSSR count). The second kappa shape index (κ2) is 13.0. The van der Waals surface area contributed by atoms with E-state index in [0.29, 0.717) is 19.6 Å². The molecule has 4 atom stereocenters. The van der Waals surface area contributed by atoms with Gasteiger partial charge < -0.3 is 14.9 Å². The van der Waals surface area contributed by atoms with Gasteiger partial charge in [-0.25, -0.2) is 8.78 Å². The molecule has 2 aliphatic heterocycles. The minimum Gasteiger partial charge on any atom is -0.394 e. The summed E-state index contributed by atoms with van der Waals surface area (Å²) in [6.07, 6.45) is 0.565. The predicted molar refractivity (Wildman–Crippen MR) is 128 cm³/mol. The standard InChI is InChI=1S/C24H30F2N2O3.2ClH/c25-19-7-3-17(4-8-19)13-27(14-18-5-9-20(26)10-6-18)15-21-23(28-11-1-2-12-28)24(30)22(16-29)31-21;;/h3-10,21-24,29-30H,1-2,11-16H2;2*1H/t21-,22+,23+,24-;;/m1../s1. The Morgan fingerprint density at radius 3 is 1.79 bits per heavy atom. The zero-order valence-electron chi connectivity index (χ0n) is 18.4. The average molecular weight is 505 g/mol. The molecule has 0 radical (unpaired) electrons. The van der Waals surface area contributed by atoms with Crippen molar-refractivity contribution < 1.29 is 23.7 Å². The zero-order valence-corrected chi connectivity index (χ0v) is 20.0.